The third-order valence-corrected chi connectivity index (χ3v) is 8.07. The molecule has 2 aliphatic heterocycles. The molecular weight excluding hydrogens is 404 g/mol. The summed E-state index contributed by atoms with van der Waals surface area (Å²) in [5.41, 5.74) is 3.03. The smallest absolute Gasteiger partial charge is 0.251 e. The molecule has 3 aromatic rings. The molecule has 1 amide bonds. The topological polar surface area (TPSA) is 32.3 Å². The highest BCUT2D eigenvalue weighted by atomic mass is 16.1. The molecule has 0 aliphatic carbocycles. The van der Waals surface area contributed by atoms with E-state index in [0.717, 1.165) is 6.42 Å². The van der Waals surface area contributed by atoms with Crippen molar-refractivity contribution in [1.82, 2.24) is 10.2 Å². The molecule has 1 N–H and O–H groups in total. The van der Waals surface area contributed by atoms with Gasteiger partial charge < -0.3 is 10.2 Å². The van der Waals surface area contributed by atoms with Gasteiger partial charge in [0.2, 0.25) is 0 Å². The zero-order valence-electron chi connectivity index (χ0n) is 19.5. The Morgan fingerprint density at radius 3 is 1.82 bits per heavy atom. The number of hydrogen-bond donors (Lipinski definition) is 1. The van der Waals surface area contributed by atoms with E-state index < -0.39 is 0 Å². The van der Waals surface area contributed by atoms with E-state index in [2.05, 4.69) is 77.9 Å². The zero-order chi connectivity index (χ0) is 22.7. The number of carbonyl (C=O) groups is 1. The van der Waals surface area contributed by atoms with Crippen molar-refractivity contribution in [2.75, 3.05) is 13.6 Å². The third-order valence-electron chi connectivity index (χ3n) is 8.07. The van der Waals surface area contributed by atoms with Crippen LogP contribution in [0.4, 0.5) is 0 Å². The molecule has 2 fully saturated rings. The molecule has 3 aromatic carbocycles. The largest absolute Gasteiger partial charge is 0.351 e. The van der Waals surface area contributed by atoms with Crippen molar-refractivity contribution < 1.29 is 4.79 Å². The molecule has 170 valence electrons. The van der Waals surface area contributed by atoms with Crippen LogP contribution in [-0.2, 0) is 5.41 Å². The van der Waals surface area contributed by atoms with Crippen LogP contribution < -0.4 is 5.32 Å². The Balaban J connectivity index is 1.50. The van der Waals surface area contributed by atoms with Gasteiger partial charge in [-0.3, -0.25) is 4.79 Å². The molecule has 0 unspecified atom stereocenters. The van der Waals surface area contributed by atoms with Crippen LogP contribution in [0.1, 0.15) is 53.6 Å². The predicted octanol–water partition coefficient (Wildman–Crippen LogP) is 5.67. The van der Waals surface area contributed by atoms with Crippen molar-refractivity contribution in [1.29, 1.82) is 0 Å². The molecule has 5 rings (SSSR count). The molecule has 2 heterocycles. The molecule has 0 radical (unpaired) electrons. The number of benzene rings is 3. The van der Waals surface area contributed by atoms with Crippen LogP contribution in [0, 0.1) is 5.92 Å². The van der Waals surface area contributed by atoms with Gasteiger partial charge in [-0.05, 0) is 68.3 Å². The van der Waals surface area contributed by atoms with Gasteiger partial charge in [-0.1, -0.05) is 78.9 Å². The molecule has 33 heavy (non-hydrogen) atoms. The van der Waals surface area contributed by atoms with Gasteiger partial charge in [-0.15, -0.1) is 0 Å². The summed E-state index contributed by atoms with van der Waals surface area (Å²) in [6.07, 6.45) is 6.21. The Bertz CT molecular complexity index is 997. The maximum absolute atomic E-state index is 13.1. The number of rotatable bonds is 7. The van der Waals surface area contributed by atoms with Gasteiger partial charge in [0.15, 0.2) is 0 Å². The van der Waals surface area contributed by atoms with Gasteiger partial charge in [0.25, 0.3) is 5.91 Å². The number of nitrogens with zero attached hydrogens (tertiary/aromatic N) is 1. The summed E-state index contributed by atoms with van der Waals surface area (Å²) in [5.74, 6) is 0.642. The lowest BCUT2D eigenvalue weighted by Crippen LogP contribution is -2.46. The van der Waals surface area contributed by atoms with Crippen molar-refractivity contribution in [3.8, 4) is 0 Å². The first kappa shape index (κ1) is 21.9. The lowest BCUT2D eigenvalue weighted by molar-refractivity contribution is 0.0931. The Morgan fingerprint density at radius 2 is 1.30 bits per heavy atom. The minimum absolute atomic E-state index is 0.00437. The van der Waals surface area contributed by atoms with Crippen molar-refractivity contribution in [2.45, 2.75) is 49.6 Å². The van der Waals surface area contributed by atoms with E-state index in [4.69, 9.17) is 0 Å². The first-order chi connectivity index (χ1) is 16.2. The quantitative estimate of drug-likeness (QED) is 0.516. The molecule has 2 aliphatic rings. The maximum Gasteiger partial charge on any atom is 0.251 e. The number of amides is 1. The highest BCUT2D eigenvalue weighted by molar-refractivity contribution is 5.94. The van der Waals surface area contributed by atoms with Gasteiger partial charge in [0, 0.05) is 29.6 Å². The van der Waals surface area contributed by atoms with Crippen molar-refractivity contribution in [3.05, 3.63) is 108 Å². The van der Waals surface area contributed by atoms with Crippen molar-refractivity contribution in [2.24, 2.45) is 5.92 Å². The lowest BCUT2D eigenvalue weighted by Gasteiger charge is -2.43. The number of nitrogens with one attached hydrogen (secondary N) is 1. The maximum atomic E-state index is 13.1. The zero-order valence-corrected chi connectivity index (χ0v) is 19.5. The summed E-state index contributed by atoms with van der Waals surface area (Å²) in [6, 6.07) is 32.6. The lowest BCUT2D eigenvalue weighted by atomic mass is 9.67. The van der Waals surface area contributed by atoms with Crippen LogP contribution in [0.3, 0.4) is 0 Å². The van der Waals surface area contributed by atoms with E-state index in [-0.39, 0.29) is 11.3 Å². The van der Waals surface area contributed by atoms with Gasteiger partial charge >= 0.3 is 0 Å². The van der Waals surface area contributed by atoms with Crippen LogP contribution in [-0.4, -0.2) is 36.5 Å². The average Bonchev–Trinajstić information content (AvgIpc) is 3.07. The van der Waals surface area contributed by atoms with Crippen molar-refractivity contribution >= 4 is 5.91 Å². The molecule has 3 atom stereocenters. The fraction of sp³-hybridized carbons (Fsp3) is 0.367. The molecule has 2 bridgehead atoms. The third kappa shape index (κ3) is 4.47. The monoisotopic (exact) mass is 438 g/mol. The summed E-state index contributed by atoms with van der Waals surface area (Å²) in [6.45, 7) is 0.594. The first-order valence-corrected chi connectivity index (χ1v) is 12.3. The van der Waals surface area contributed by atoms with E-state index in [9.17, 15) is 4.79 Å². The molecule has 3 heteroatoms. The van der Waals surface area contributed by atoms with Gasteiger partial charge in [0.1, 0.15) is 0 Å². The fourth-order valence-corrected chi connectivity index (χ4v) is 6.30. The highest BCUT2D eigenvalue weighted by Gasteiger charge is 2.43. The standard InChI is InChI=1S/C30H34N2O/c1-32-27-17-18-28(32)20-23(19-27)21-30(25-13-7-3-8-14-25,26-15-9-4-10-16-26)22-31-29(33)24-11-5-2-6-12-24/h2-16,23,27-28H,17-22H2,1H3,(H,31,33)/t23-,27+,28-. The number of piperidine rings is 1. The van der Waals surface area contributed by atoms with Crippen LogP contribution in [0.5, 0.6) is 0 Å². The summed E-state index contributed by atoms with van der Waals surface area (Å²) in [7, 11) is 2.31. The number of hydrogen-bond acceptors (Lipinski definition) is 2. The van der Waals surface area contributed by atoms with Crippen molar-refractivity contribution in [3.63, 3.8) is 0 Å². The van der Waals surface area contributed by atoms with Gasteiger partial charge in [-0.2, -0.15) is 0 Å². The van der Waals surface area contributed by atoms with Crippen LogP contribution in [0.15, 0.2) is 91.0 Å². The van der Waals surface area contributed by atoms with Gasteiger partial charge in [-0.25, -0.2) is 0 Å². The molecule has 0 saturated carbocycles. The fourth-order valence-electron chi connectivity index (χ4n) is 6.30. The second kappa shape index (κ2) is 9.52. The van der Waals surface area contributed by atoms with E-state index in [0.29, 0.717) is 30.1 Å². The molecule has 0 spiro atoms. The molecule has 2 saturated heterocycles. The minimum atomic E-state index is -0.257. The predicted molar refractivity (Wildman–Crippen MR) is 134 cm³/mol. The molecule has 0 aromatic heterocycles. The number of fused-ring (bicyclic) bond motifs is 2. The summed E-state index contributed by atoms with van der Waals surface area (Å²) < 4.78 is 0. The summed E-state index contributed by atoms with van der Waals surface area (Å²) in [4.78, 5) is 15.7. The summed E-state index contributed by atoms with van der Waals surface area (Å²) >= 11 is 0. The van der Waals surface area contributed by atoms with Crippen LogP contribution in [0.2, 0.25) is 0 Å². The minimum Gasteiger partial charge on any atom is -0.351 e. The Kier molecular flexibility index (Phi) is 6.32. The van der Waals surface area contributed by atoms with Crippen LogP contribution >= 0.6 is 0 Å². The average molecular weight is 439 g/mol. The second-order valence-electron chi connectivity index (χ2n) is 9.95. The van der Waals surface area contributed by atoms with Crippen LogP contribution in [0.25, 0.3) is 0 Å². The summed E-state index contributed by atoms with van der Waals surface area (Å²) in [5, 5.41) is 3.32. The van der Waals surface area contributed by atoms with E-state index >= 15 is 0 Å². The Hall–Kier alpha value is -2.91. The Labute approximate surface area is 197 Å². The second-order valence-corrected chi connectivity index (χ2v) is 9.95. The van der Waals surface area contributed by atoms with E-state index in [1.165, 1.54) is 36.8 Å². The van der Waals surface area contributed by atoms with Gasteiger partial charge in [0.05, 0.1) is 0 Å². The normalized spacial score (nSPS) is 22.8. The number of carbonyl (C=O) groups excluding carboxylic acids is 1. The van der Waals surface area contributed by atoms with E-state index in [1.54, 1.807) is 0 Å². The van der Waals surface area contributed by atoms with E-state index in [1.807, 2.05) is 30.3 Å². The first-order valence-electron chi connectivity index (χ1n) is 12.3. The SMILES string of the molecule is CN1[C@@H]2CC[C@H]1C[C@@H](CC(CNC(=O)c1ccccc1)(c1ccccc1)c1ccccc1)C2. The Morgan fingerprint density at radius 1 is 0.818 bits per heavy atom. The highest BCUT2D eigenvalue weighted by Crippen LogP contribution is 2.45. The molecular formula is C30H34N2O. The molecule has 3 nitrogen and oxygen atoms in total.